The van der Waals surface area contributed by atoms with Crippen LogP contribution in [0.15, 0.2) is 48.5 Å². The molecule has 0 saturated carbocycles. The predicted octanol–water partition coefficient (Wildman–Crippen LogP) is 2.96. The number of rotatable bonds is 4. The lowest BCUT2D eigenvalue weighted by molar-refractivity contribution is 0.150. The monoisotopic (exact) mass is 257 g/mol. The van der Waals surface area contributed by atoms with Crippen LogP contribution in [-0.2, 0) is 11.3 Å². The molecule has 0 aliphatic heterocycles. The van der Waals surface area contributed by atoms with Crippen molar-refractivity contribution in [3.05, 3.63) is 54.1 Å². The number of hydrogen-bond donors (Lipinski definition) is 1. The Balaban J connectivity index is 2.35. The zero-order valence-electron chi connectivity index (χ0n) is 10.6. The van der Waals surface area contributed by atoms with Crippen LogP contribution in [-0.4, -0.2) is 13.2 Å². The Morgan fingerprint density at radius 2 is 1.95 bits per heavy atom. The largest absolute Gasteiger partial charge is 0.497 e. The molecule has 0 aliphatic carbocycles. The number of hydrogen-bond acceptors (Lipinski definition) is 3. The zero-order valence-corrected chi connectivity index (χ0v) is 10.6. The van der Waals surface area contributed by atoms with Gasteiger partial charge in [-0.1, -0.05) is 36.4 Å². The van der Waals surface area contributed by atoms with Gasteiger partial charge in [-0.3, -0.25) is 0 Å². The molecule has 19 heavy (non-hydrogen) atoms. The number of methoxy groups -OCH3 is 1. The van der Waals surface area contributed by atoms with Crippen LogP contribution in [0.2, 0.25) is 0 Å². The summed E-state index contributed by atoms with van der Waals surface area (Å²) >= 11 is 0. The smallest absolute Gasteiger partial charge is 0.404 e. The third kappa shape index (κ3) is 3.25. The highest BCUT2D eigenvalue weighted by atomic mass is 16.5. The summed E-state index contributed by atoms with van der Waals surface area (Å²) in [4.78, 5) is 10.7. The predicted molar refractivity (Wildman–Crippen MR) is 72.8 cm³/mol. The summed E-state index contributed by atoms with van der Waals surface area (Å²) in [5.74, 6) is 0.781. The highest BCUT2D eigenvalue weighted by molar-refractivity contribution is 5.69. The van der Waals surface area contributed by atoms with Gasteiger partial charge in [0.15, 0.2) is 0 Å². The first kappa shape index (κ1) is 13.0. The molecule has 0 aliphatic rings. The molecule has 4 nitrogen and oxygen atoms in total. The van der Waals surface area contributed by atoms with Gasteiger partial charge in [-0.2, -0.15) is 0 Å². The van der Waals surface area contributed by atoms with E-state index in [0.717, 1.165) is 22.4 Å². The van der Waals surface area contributed by atoms with E-state index in [0.29, 0.717) is 0 Å². The lowest BCUT2D eigenvalue weighted by Gasteiger charge is -2.10. The van der Waals surface area contributed by atoms with Crippen molar-refractivity contribution in [1.29, 1.82) is 0 Å². The van der Waals surface area contributed by atoms with Crippen molar-refractivity contribution in [3.63, 3.8) is 0 Å². The maximum absolute atomic E-state index is 10.7. The van der Waals surface area contributed by atoms with E-state index >= 15 is 0 Å². The van der Waals surface area contributed by atoms with Gasteiger partial charge in [-0.05, 0) is 28.8 Å². The molecule has 0 bridgehead atoms. The van der Waals surface area contributed by atoms with Crippen LogP contribution >= 0.6 is 0 Å². The molecule has 2 N–H and O–H groups in total. The van der Waals surface area contributed by atoms with Crippen LogP contribution in [0.25, 0.3) is 11.1 Å². The van der Waals surface area contributed by atoms with E-state index in [1.165, 1.54) is 0 Å². The van der Waals surface area contributed by atoms with Gasteiger partial charge in [0.05, 0.1) is 7.11 Å². The normalized spacial score (nSPS) is 9.95. The van der Waals surface area contributed by atoms with Crippen molar-refractivity contribution >= 4 is 6.09 Å². The number of carbonyl (C=O) groups excluding carboxylic acids is 1. The summed E-state index contributed by atoms with van der Waals surface area (Å²) in [5.41, 5.74) is 7.88. The van der Waals surface area contributed by atoms with Crippen LogP contribution in [0.4, 0.5) is 4.79 Å². The van der Waals surface area contributed by atoms with Gasteiger partial charge in [0, 0.05) is 0 Å². The minimum Gasteiger partial charge on any atom is -0.497 e. The summed E-state index contributed by atoms with van der Waals surface area (Å²) in [6, 6.07) is 15.4. The molecule has 0 heterocycles. The molecule has 4 heteroatoms. The van der Waals surface area contributed by atoms with Gasteiger partial charge in [-0.15, -0.1) is 0 Å². The SMILES string of the molecule is COc1cccc(-c2ccccc2COC(N)=O)c1. The van der Waals surface area contributed by atoms with Gasteiger partial charge >= 0.3 is 6.09 Å². The molecule has 0 aromatic heterocycles. The van der Waals surface area contributed by atoms with Gasteiger partial charge in [0.1, 0.15) is 12.4 Å². The van der Waals surface area contributed by atoms with Crippen molar-refractivity contribution in [2.45, 2.75) is 6.61 Å². The van der Waals surface area contributed by atoms with Gasteiger partial charge in [-0.25, -0.2) is 4.79 Å². The fourth-order valence-electron chi connectivity index (χ4n) is 1.87. The number of primary amides is 1. The lowest BCUT2D eigenvalue weighted by Crippen LogP contribution is -2.12. The van der Waals surface area contributed by atoms with Gasteiger partial charge in [0.2, 0.25) is 0 Å². The first-order valence-corrected chi connectivity index (χ1v) is 5.85. The van der Waals surface area contributed by atoms with Crippen LogP contribution in [0, 0.1) is 0 Å². The van der Waals surface area contributed by atoms with E-state index in [4.69, 9.17) is 15.2 Å². The molecular weight excluding hydrogens is 242 g/mol. The minimum absolute atomic E-state index is 0.155. The van der Waals surface area contributed by atoms with E-state index in [1.807, 2.05) is 48.5 Å². The van der Waals surface area contributed by atoms with Crippen molar-refractivity contribution in [1.82, 2.24) is 0 Å². The molecule has 0 radical (unpaired) electrons. The first-order valence-electron chi connectivity index (χ1n) is 5.85. The second kappa shape index (κ2) is 5.91. The van der Waals surface area contributed by atoms with E-state index < -0.39 is 6.09 Å². The maximum Gasteiger partial charge on any atom is 0.404 e. The molecule has 0 fully saturated rings. The Morgan fingerprint density at radius 1 is 1.16 bits per heavy atom. The van der Waals surface area contributed by atoms with Crippen molar-refractivity contribution < 1.29 is 14.3 Å². The summed E-state index contributed by atoms with van der Waals surface area (Å²) in [6.45, 7) is 0.155. The van der Waals surface area contributed by atoms with E-state index in [2.05, 4.69) is 0 Å². The van der Waals surface area contributed by atoms with Crippen LogP contribution in [0.3, 0.4) is 0 Å². The third-order valence-electron chi connectivity index (χ3n) is 2.77. The van der Waals surface area contributed by atoms with E-state index in [9.17, 15) is 4.79 Å². The topological polar surface area (TPSA) is 61.6 Å². The Bertz CT molecular complexity index is 581. The van der Waals surface area contributed by atoms with Crippen molar-refractivity contribution in [3.8, 4) is 16.9 Å². The van der Waals surface area contributed by atoms with Crippen LogP contribution < -0.4 is 10.5 Å². The van der Waals surface area contributed by atoms with Crippen LogP contribution in [0.5, 0.6) is 5.75 Å². The molecule has 0 atom stereocenters. The number of ether oxygens (including phenoxy) is 2. The molecule has 1 amide bonds. The van der Waals surface area contributed by atoms with Crippen molar-refractivity contribution in [2.24, 2.45) is 5.73 Å². The Labute approximate surface area is 111 Å². The average Bonchev–Trinajstić information content (AvgIpc) is 2.45. The minimum atomic E-state index is -0.777. The highest BCUT2D eigenvalue weighted by Crippen LogP contribution is 2.27. The van der Waals surface area contributed by atoms with Crippen LogP contribution in [0.1, 0.15) is 5.56 Å². The number of benzene rings is 2. The van der Waals surface area contributed by atoms with Gasteiger partial charge < -0.3 is 15.2 Å². The highest BCUT2D eigenvalue weighted by Gasteiger charge is 2.07. The molecule has 0 saturated heterocycles. The maximum atomic E-state index is 10.7. The Morgan fingerprint density at radius 3 is 2.68 bits per heavy atom. The van der Waals surface area contributed by atoms with Gasteiger partial charge in [0.25, 0.3) is 0 Å². The second-order valence-electron chi connectivity index (χ2n) is 4.00. The molecule has 2 aromatic carbocycles. The summed E-state index contributed by atoms with van der Waals surface area (Å²) < 4.78 is 10.1. The molecular formula is C15H15NO3. The fraction of sp³-hybridized carbons (Fsp3) is 0.133. The Hall–Kier alpha value is -2.49. The summed E-state index contributed by atoms with van der Waals surface area (Å²) in [5, 5.41) is 0. The lowest BCUT2D eigenvalue weighted by atomic mass is 10.00. The molecule has 2 rings (SSSR count). The zero-order chi connectivity index (χ0) is 13.7. The van der Waals surface area contributed by atoms with E-state index in [-0.39, 0.29) is 6.61 Å². The summed E-state index contributed by atoms with van der Waals surface area (Å²) in [6.07, 6.45) is -0.777. The quantitative estimate of drug-likeness (QED) is 0.915. The number of amides is 1. The molecule has 2 aromatic rings. The number of carbonyl (C=O) groups is 1. The van der Waals surface area contributed by atoms with Crippen molar-refractivity contribution in [2.75, 3.05) is 7.11 Å². The number of nitrogens with two attached hydrogens (primary N) is 1. The Kier molecular flexibility index (Phi) is 4.03. The average molecular weight is 257 g/mol. The second-order valence-corrected chi connectivity index (χ2v) is 4.00. The molecule has 0 unspecified atom stereocenters. The van der Waals surface area contributed by atoms with E-state index in [1.54, 1.807) is 7.11 Å². The standard InChI is InChI=1S/C15H15NO3/c1-18-13-7-4-6-11(9-13)14-8-3-2-5-12(14)10-19-15(16)17/h2-9H,10H2,1H3,(H2,16,17). The molecule has 98 valence electrons. The third-order valence-corrected chi connectivity index (χ3v) is 2.77. The first-order chi connectivity index (χ1) is 9.20. The fourth-order valence-corrected chi connectivity index (χ4v) is 1.87. The summed E-state index contributed by atoms with van der Waals surface area (Å²) in [7, 11) is 1.63. The molecule has 0 spiro atoms.